The van der Waals surface area contributed by atoms with Crippen molar-refractivity contribution in [3.8, 4) is 0 Å². The Labute approximate surface area is 103 Å². The molecule has 2 amide bonds. The van der Waals surface area contributed by atoms with Gasteiger partial charge in [-0.1, -0.05) is 6.92 Å². The van der Waals surface area contributed by atoms with Gasteiger partial charge in [-0.15, -0.1) is 0 Å². The molecule has 1 aliphatic rings. The summed E-state index contributed by atoms with van der Waals surface area (Å²) in [4.78, 5) is 24.9. The third-order valence-corrected chi connectivity index (χ3v) is 3.16. The van der Waals surface area contributed by atoms with Crippen molar-refractivity contribution in [3.63, 3.8) is 0 Å². The lowest BCUT2D eigenvalue weighted by atomic mass is 10.0. The average molecular weight is 241 g/mol. The Balaban J connectivity index is 2.48. The zero-order valence-corrected chi connectivity index (χ0v) is 10.7. The monoisotopic (exact) mass is 241 g/mol. The molecule has 0 aromatic carbocycles. The van der Waals surface area contributed by atoms with Gasteiger partial charge in [-0.2, -0.15) is 0 Å². The number of carbonyl (C=O) groups is 2. The van der Waals surface area contributed by atoms with E-state index in [1.54, 1.807) is 0 Å². The van der Waals surface area contributed by atoms with E-state index in [2.05, 4.69) is 5.32 Å². The molecule has 1 fully saturated rings. The SMILES string of the molecule is CC(=O)NC1CCCN(C(=O)C(C)CCN)C1. The van der Waals surface area contributed by atoms with Crippen molar-refractivity contribution >= 4 is 11.8 Å². The highest BCUT2D eigenvalue weighted by molar-refractivity contribution is 5.79. The number of hydrogen-bond donors (Lipinski definition) is 2. The van der Waals surface area contributed by atoms with Crippen molar-refractivity contribution in [2.24, 2.45) is 11.7 Å². The highest BCUT2D eigenvalue weighted by atomic mass is 16.2. The predicted octanol–water partition coefficient (Wildman–Crippen LogP) is 0.0984. The van der Waals surface area contributed by atoms with Gasteiger partial charge in [0, 0.05) is 32.0 Å². The lowest BCUT2D eigenvalue weighted by Gasteiger charge is -2.34. The van der Waals surface area contributed by atoms with E-state index in [4.69, 9.17) is 5.73 Å². The molecule has 1 saturated heterocycles. The molecular weight excluding hydrogens is 218 g/mol. The predicted molar refractivity (Wildman–Crippen MR) is 66.3 cm³/mol. The summed E-state index contributed by atoms with van der Waals surface area (Å²) in [7, 11) is 0. The zero-order chi connectivity index (χ0) is 12.8. The summed E-state index contributed by atoms with van der Waals surface area (Å²) in [5.41, 5.74) is 5.46. The second-order valence-corrected chi connectivity index (χ2v) is 4.80. The van der Waals surface area contributed by atoms with E-state index < -0.39 is 0 Å². The first-order valence-electron chi connectivity index (χ1n) is 6.30. The molecule has 0 aliphatic carbocycles. The molecule has 2 unspecified atom stereocenters. The molecule has 3 N–H and O–H groups in total. The lowest BCUT2D eigenvalue weighted by molar-refractivity contribution is -0.137. The molecule has 0 saturated carbocycles. The molecule has 1 heterocycles. The van der Waals surface area contributed by atoms with Gasteiger partial charge in [-0.05, 0) is 25.8 Å². The van der Waals surface area contributed by atoms with Crippen molar-refractivity contribution in [2.75, 3.05) is 19.6 Å². The summed E-state index contributed by atoms with van der Waals surface area (Å²) in [5, 5.41) is 2.88. The van der Waals surface area contributed by atoms with E-state index in [1.807, 2.05) is 11.8 Å². The van der Waals surface area contributed by atoms with Crippen LogP contribution in [0.1, 0.15) is 33.1 Å². The molecule has 0 aromatic heterocycles. The molecule has 1 rings (SSSR count). The van der Waals surface area contributed by atoms with Crippen LogP contribution in [0.4, 0.5) is 0 Å². The van der Waals surface area contributed by atoms with Gasteiger partial charge in [0.05, 0.1) is 0 Å². The van der Waals surface area contributed by atoms with Crippen LogP contribution in [0, 0.1) is 5.92 Å². The van der Waals surface area contributed by atoms with Crippen LogP contribution in [0.2, 0.25) is 0 Å². The van der Waals surface area contributed by atoms with E-state index >= 15 is 0 Å². The van der Waals surface area contributed by atoms with Gasteiger partial charge < -0.3 is 16.0 Å². The molecule has 1 aliphatic heterocycles. The summed E-state index contributed by atoms with van der Waals surface area (Å²) in [5.74, 6) is 0.112. The Bertz CT molecular complexity index is 281. The number of carbonyl (C=O) groups excluding carboxylic acids is 2. The minimum absolute atomic E-state index is 0.0175. The second kappa shape index (κ2) is 6.59. The van der Waals surface area contributed by atoms with Gasteiger partial charge in [0.2, 0.25) is 11.8 Å². The number of hydrogen-bond acceptors (Lipinski definition) is 3. The van der Waals surface area contributed by atoms with E-state index in [1.165, 1.54) is 6.92 Å². The van der Waals surface area contributed by atoms with Gasteiger partial charge >= 0.3 is 0 Å². The Kier molecular flexibility index (Phi) is 5.41. The van der Waals surface area contributed by atoms with Crippen LogP contribution >= 0.6 is 0 Å². The van der Waals surface area contributed by atoms with Crippen LogP contribution in [-0.2, 0) is 9.59 Å². The Morgan fingerprint density at radius 3 is 2.82 bits per heavy atom. The quantitative estimate of drug-likeness (QED) is 0.733. The summed E-state index contributed by atoms with van der Waals surface area (Å²) in [6.07, 6.45) is 2.63. The molecule has 5 heteroatoms. The lowest BCUT2D eigenvalue weighted by Crippen LogP contribution is -2.50. The van der Waals surface area contributed by atoms with E-state index in [0.29, 0.717) is 13.1 Å². The Morgan fingerprint density at radius 2 is 2.24 bits per heavy atom. The molecule has 0 aromatic rings. The average Bonchev–Trinajstić information content (AvgIpc) is 2.28. The van der Waals surface area contributed by atoms with Crippen LogP contribution in [0.5, 0.6) is 0 Å². The van der Waals surface area contributed by atoms with Gasteiger partial charge in [-0.25, -0.2) is 0 Å². The van der Waals surface area contributed by atoms with Gasteiger partial charge in [-0.3, -0.25) is 9.59 Å². The topological polar surface area (TPSA) is 75.4 Å². The molecule has 2 atom stereocenters. The Morgan fingerprint density at radius 1 is 1.53 bits per heavy atom. The summed E-state index contributed by atoms with van der Waals surface area (Å²) in [6, 6.07) is 0.107. The van der Waals surface area contributed by atoms with Crippen LogP contribution in [0.15, 0.2) is 0 Å². The summed E-state index contributed by atoms with van der Waals surface area (Å²) >= 11 is 0. The first kappa shape index (κ1) is 14.0. The maximum absolute atomic E-state index is 12.1. The van der Waals surface area contributed by atoms with Gasteiger partial charge in [0.15, 0.2) is 0 Å². The third kappa shape index (κ3) is 4.34. The molecular formula is C12H23N3O2. The van der Waals surface area contributed by atoms with Crippen LogP contribution in [0.25, 0.3) is 0 Å². The molecule has 0 spiro atoms. The minimum atomic E-state index is -0.0284. The smallest absolute Gasteiger partial charge is 0.225 e. The second-order valence-electron chi connectivity index (χ2n) is 4.80. The van der Waals surface area contributed by atoms with Crippen LogP contribution in [0.3, 0.4) is 0 Å². The number of nitrogens with one attached hydrogen (secondary N) is 1. The number of likely N-dealkylation sites (tertiary alicyclic amines) is 1. The summed E-state index contributed by atoms with van der Waals surface area (Å²) in [6.45, 7) is 5.39. The largest absolute Gasteiger partial charge is 0.352 e. The van der Waals surface area contributed by atoms with Crippen LogP contribution < -0.4 is 11.1 Å². The number of nitrogens with zero attached hydrogens (tertiary/aromatic N) is 1. The minimum Gasteiger partial charge on any atom is -0.352 e. The van der Waals surface area contributed by atoms with Crippen molar-refractivity contribution in [3.05, 3.63) is 0 Å². The standard InChI is InChI=1S/C12H23N3O2/c1-9(5-6-13)12(17)15-7-3-4-11(8-15)14-10(2)16/h9,11H,3-8,13H2,1-2H3,(H,14,16). The number of piperidine rings is 1. The molecule has 17 heavy (non-hydrogen) atoms. The highest BCUT2D eigenvalue weighted by Crippen LogP contribution is 2.14. The van der Waals surface area contributed by atoms with Crippen LogP contribution in [-0.4, -0.2) is 42.4 Å². The highest BCUT2D eigenvalue weighted by Gasteiger charge is 2.26. The molecule has 0 radical (unpaired) electrons. The van der Waals surface area contributed by atoms with Crippen molar-refractivity contribution in [1.29, 1.82) is 0 Å². The van der Waals surface area contributed by atoms with E-state index in [9.17, 15) is 9.59 Å². The van der Waals surface area contributed by atoms with E-state index in [-0.39, 0.29) is 23.8 Å². The zero-order valence-electron chi connectivity index (χ0n) is 10.7. The third-order valence-electron chi connectivity index (χ3n) is 3.16. The maximum Gasteiger partial charge on any atom is 0.225 e. The van der Waals surface area contributed by atoms with Gasteiger partial charge in [0.25, 0.3) is 0 Å². The maximum atomic E-state index is 12.1. The Hall–Kier alpha value is -1.10. The number of nitrogens with two attached hydrogens (primary N) is 1. The fourth-order valence-electron chi connectivity index (χ4n) is 2.27. The fourth-order valence-corrected chi connectivity index (χ4v) is 2.27. The van der Waals surface area contributed by atoms with E-state index in [0.717, 1.165) is 25.8 Å². The first-order chi connectivity index (χ1) is 8.04. The normalized spacial score (nSPS) is 22.1. The fraction of sp³-hybridized carbons (Fsp3) is 0.833. The molecule has 0 bridgehead atoms. The first-order valence-corrected chi connectivity index (χ1v) is 6.30. The molecule has 98 valence electrons. The van der Waals surface area contributed by atoms with Gasteiger partial charge in [0.1, 0.15) is 0 Å². The van der Waals surface area contributed by atoms with Crippen molar-refractivity contribution in [1.82, 2.24) is 10.2 Å². The van der Waals surface area contributed by atoms with Crippen molar-refractivity contribution < 1.29 is 9.59 Å². The van der Waals surface area contributed by atoms with Crippen molar-refractivity contribution in [2.45, 2.75) is 39.2 Å². The number of amides is 2. The summed E-state index contributed by atoms with van der Waals surface area (Å²) < 4.78 is 0. The molecule has 5 nitrogen and oxygen atoms in total. The number of rotatable bonds is 4.